The third-order valence-electron chi connectivity index (χ3n) is 6.07. The van der Waals surface area contributed by atoms with Gasteiger partial charge in [-0.2, -0.15) is 0 Å². The first-order valence-electron chi connectivity index (χ1n) is 11.0. The molecule has 5 rings (SSSR count). The number of piperazine rings is 1. The van der Waals surface area contributed by atoms with E-state index in [-0.39, 0.29) is 32.1 Å². The molecule has 1 N–H and O–H groups in total. The van der Waals surface area contributed by atoms with Gasteiger partial charge in [-0.1, -0.05) is 41.4 Å². The Hall–Kier alpha value is -3.08. The molecule has 1 amide bonds. The predicted octanol–water partition coefficient (Wildman–Crippen LogP) is 7.48. The van der Waals surface area contributed by atoms with Crippen LogP contribution in [0, 0.1) is 29.1 Å². The molecule has 0 aliphatic carbocycles. The summed E-state index contributed by atoms with van der Waals surface area (Å²) in [4.78, 5) is 16.1. The number of nitrogens with zero attached hydrogens (tertiary/aromatic N) is 2. The zero-order valence-electron chi connectivity index (χ0n) is 18.7. The first-order chi connectivity index (χ1) is 17.7. The zero-order chi connectivity index (χ0) is 26.4. The number of anilines is 3. The summed E-state index contributed by atoms with van der Waals surface area (Å²) in [6.45, 7) is 0.417. The molecule has 0 bridgehead atoms. The Labute approximate surface area is 221 Å². The number of amides is 1. The molecule has 4 nitrogen and oxygen atoms in total. The monoisotopic (exact) mass is 571 g/mol. The molecule has 1 aromatic heterocycles. The van der Waals surface area contributed by atoms with Crippen LogP contribution in [0.25, 0.3) is 10.1 Å². The maximum atomic E-state index is 14.2. The number of nitrogens with one attached hydrogen (secondary N) is 1. The summed E-state index contributed by atoms with van der Waals surface area (Å²) in [6, 6.07) is 12.3. The lowest BCUT2D eigenvalue weighted by Crippen LogP contribution is -2.47. The van der Waals surface area contributed by atoms with Crippen molar-refractivity contribution in [2.45, 2.75) is 0 Å². The summed E-state index contributed by atoms with van der Waals surface area (Å²) in [7, 11) is 0. The van der Waals surface area contributed by atoms with Crippen LogP contribution in [0.1, 0.15) is 9.67 Å². The molecule has 0 saturated carbocycles. The van der Waals surface area contributed by atoms with Crippen molar-refractivity contribution in [2.75, 3.05) is 41.3 Å². The Morgan fingerprint density at radius 3 is 2.03 bits per heavy atom. The third-order valence-corrected chi connectivity index (χ3v) is 8.05. The Balaban J connectivity index is 1.29. The fourth-order valence-corrected chi connectivity index (χ4v) is 5.94. The van der Waals surface area contributed by atoms with Gasteiger partial charge in [-0.05, 0) is 24.3 Å². The second-order valence-electron chi connectivity index (χ2n) is 8.25. The topological polar surface area (TPSA) is 35.6 Å². The number of carbonyl (C=O) groups is 1. The minimum Gasteiger partial charge on any atom is -0.367 e. The van der Waals surface area contributed by atoms with Crippen LogP contribution >= 0.6 is 34.5 Å². The normalized spacial score (nSPS) is 13.9. The van der Waals surface area contributed by atoms with Gasteiger partial charge in [0.05, 0.1) is 15.7 Å². The zero-order valence-corrected chi connectivity index (χ0v) is 21.1. The lowest BCUT2D eigenvalue weighted by atomic mass is 10.2. The van der Waals surface area contributed by atoms with Gasteiger partial charge < -0.3 is 15.1 Å². The van der Waals surface area contributed by atoms with Crippen molar-refractivity contribution in [3.63, 3.8) is 0 Å². The molecule has 0 radical (unpaired) electrons. The van der Waals surface area contributed by atoms with E-state index in [1.54, 1.807) is 18.2 Å². The molecular formula is C25H16Cl2F5N3OS. The molecule has 1 aliphatic rings. The second kappa shape index (κ2) is 10.00. The van der Waals surface area contributed by atoms with E-state index in [4.69, 9.17) is 23.2 Å². The van der Waals surface area contributed by atoms with Crippen LogP contribution in [0.4, 0.5) is 39.0 Å². The van der Waals surface area contributed by atoms with Gasteiger partial charge in [0.1, 0.15) is 10.6 Å². The fraction of sp³-hybridized carbons (Fsp3) is 0.160. The smallest absolute Gasteiger partial charge is 0.267 e. The van der Waals surface area contributed by atoms with Crippen LogP contribution in [-0.2, 0) is 0 Å². The quantitative estimate of drug-likeness (QED) is 0.157. The highest BCUT2D eigenvalue weighted by Crippen LogP contribution is 2.37. The molecule has 1 aliphatic heterocycles. The van der Waals surface area contributed by atoms with Crippen LogP contribution < -0.4 is 15.1 Å². The highest BCUT2D eigenvalue weighted by Gasteiger charge is 2.31. The summed E-state index contributed by atoms with van der Waals surface area (Å²) >= 11 is 14.1. The number of carbonyl (C=O) groups excluding carboxylic acids is 1. The van der Waals surface area contributed by atoms with Crippen LogP contribution in [0.5, 0.6) is 0 Å². The molecule has 3 aromatic carbocycles. The third kappa shape index (κ3) is 4.58. The molecule has 4 aromatic rings. The van der Waals surface area contributed by atoms with Gasteiger partial charge in [-0.15, -0.1) is 11.3 Å². The van der Waals surface area contributed by atoms with Gasteiger partial charge in [0.15, 0.2) is 23.3 Å². The fourth-order valence-electron chi connectivity index (χ4n) is 4.23. The van der Waals surface area contributed by atoms with Gasteiger partial charge in [0, 0.05) is 42.0 Å². The Kier molecular flexibility index (Phi) is 6.91. The lowest BCUT2D eigenvalue weighted by Gasteiger charge is -2.38. The number of halogens is 7. The Morgan fingerprint density at radius 2 is 1.41 bits per heavy atom. The van der Waals surface area contributed by atoms with Crippen LogP contribution in [-0.4, -0.2) is 32.1 Å². The van der Waals surface area contributed by atoms with Crippen molar-refractivity contribution in [1.29, 1.82) is 0 Å². The van der Waals surface area contributed by atoms with Crippen LogP contribution in [0.3, 0.4) is 0 Å². The van der Waals surface area contributed by atoms with E-state index < -0.39 is 34.8 Å². The van der Waals surface area contributed by atoms with Gasteiger partial charge in [-0.3, -0.25) is 4.79 Å². The summed E-state index contributed by atoms with van der Waals surface area (Å²) < 4.78 is 69.9. The largest absolute Gasteiger partial charge is 0.367 e. The van der Waals surface area contributed by atoms with Crippen molar-refractivity contribution in [2.24, 2.45) is 0 Å². The van der Waals surface area contributed by atoms with Gasteiger partial charge in [0.2, 0.25) is 5.82 Å². The van der Waals surface area contributed by atoms with Crippen molar-refractivity contribution in [3.05, 3.63) is 86.5 Å². The lowest BCUT2D eigenvalue weighted by molar-refractivity contribution is 0.103. The SMILES string of the molecule is O=C(Nc1ccc(N2CCN(c3c(F)c(F)c(F)c(F)c3F)CC2)c(Cl)c1)c1sc2ccccc2c1Cl. The Morgan fingerprint density at radius 1 is 0.811 bits per heavy atom. The molecule has 37 heavy (non-hydrogen) atoms. The maximum Gasteiger partial charge on any atom is 0.267 e. The number of fused-ring (bicyclic) bond motifs is 1. The van der Waals surface area contributed by atoms with E-state index in [1.807, 2.05) is 29.2 Å². The summed E-state index contributed by atoms with van der Waals surface area (Å²) in [6.07, 6.45) is 0. The van der Waals surface area contributed by atoms with E-state index in [9.17, 15) is 26.7 Å². The van der Waals surface area contributed by atoms with Gasteiger partial charge >= 0.3 is 0 Å². The highest BCUT2D eigenvalue weighted by molar-refractivity contribution is 7.21. The first-order valence-corrected chi connectivity index (χ1v) is 12.5. The molecule has 192 valence electrons. The van der Waals surface area contributed by atoms with Crippen molar-refractivity contribution in [3.8, 4) is 0 Å². The van der Waals surface area contributed by atoms with Crippen LogP contribution in [0.15, 0.2) is 42.5 Å². The average Bonchev–Trinajstić information content (AvgIpc) is 3.24. The minimum absolute atomic E-state index is 0.00238. The number of hydrogen-bond acceptors (Lipinski definition) is 4. The average molecular weight is 572 g/mol. The molecule has 0 spiro atoms. The number of rotatable bonds is 4. The highest BCUT2D eigenvalue weighted by atomic mass is 35.5. The molecule has 1 saturated heterocycles. The number of thiophene rings is 1. The van der Waals surface area contributed by atoms with Crippen LogP contribution in [0.2, 0.25) is 10.0 Å². The van der Waals surface area contributed by atoms with E-state index in [1.165, 1.54) is 11.3 Å². The van der Waals surface area contributed by atoms with Crippen molar-refractivity contribution in [1.82, 2.24) is 0 Å². The van der Waals surface area contributed by atoms with Crippen molar-refractivity contribution >= 4 is 67.6 Å². The predicted molar refractivity (Wildman–Crippen MR) is 137 cm³/mol. The Bertz CT molecular complexity index is 1510. The second-order valence-corrected chi connectivity index (χ2v) is 10.1. The van der Waals surface area contributed by atoms with Gasteiger partial charge in [0.25, 0.3) is 5.91 Å². The van der Waals surface area contributed by atoms with E-state index in [0.717, 1.165) is 15.0 Å². The van der Waals surface area contributed by atoms with E-state index in [2.05, 4.69) is 5.32 Å². The molecule has 12 heteroatoms. The minimum atomic E-state index is -2.19. The summed E-state index contributed by atoms with van der Waals surface area (Å²) in [5, 5.41) is 4.25. The molecular weight excluding hydrogens is 556 g/mol. The standard InChI is InChI=1S/C25H16Cl2F5N3OS/c26-14-11-12(33-25(36)24-17(27)13-3-1-2-4-16(13)37-24)5-6-15(14)34-7-9-35(10-8-34)23-21(31)19(29)18(28)20(30)22(23)32/h1-6,11H,7-10H2,(H,33,36). The molecule has 1 fully saturated rings. The maximum absolute atomic E-state index is 14.2. The number of hydrogen-bond donors (Lipinski definition) is 1. The molecule has 0 atom stereocenters. The van der Waals surface area contributed by atoms with E-state index >= 15 is 0 Å². The molecule has 2 heterocycles. The first kappa shape index (κ1) is 25.6. The summed E-state index contributed by atoms with van der Waals surface area (Å²) in [5.41, 5.74) is 0.0871. The van der Waals surface area contributed by atoms with Crippen molar-refractivity contribution < 1.29 is 26.7 Å². The number of benzene rings is 3. The summed E-state index contributed by atoms with van der Waals surface area (Å²) in [5.74, 6) is -10.2. The van der Waals surface area contributed by atoms with E-state index in [0.29, 0.717) is 26.3 Å². The molecule has 0 unspecified atom stereocenters. The van der Waals surface area contributed by atoms with Gasteiger partial charge in [-0.25, -0.2) is 22.0 Å².